The molecule has 0 bridgehead atoms. The fourth-order valence-corrected chi connectivity index (χ4v) is 3.37. The maximum atomic E-state index is 12.6. The lowest BCUT2D eigenvalue weighted by molar-refractivity contribution is -0.158. The number of methoxy groups -OCH3 is 1. The predicted molar refractivity (Wildman–Crippen MR) is 101 cm³/mol. The van der Waals surface area contributed by atoms with Crippen LogP contribution in [-0.4, -0.2) is 53.2 Å². The van der Waals surface area contributed by atoms with Crippen molar-refractivity contribution < 1.29 is 14.3 Å². The van der Waals surface area contributed by atoms with Gasteiger partial charge >= 0.3 is 0 Å². The summed E-state index contributed by atoms with van der Waals surface area (Å²) in [5.41, 5.74) is -0.0578. The van der Waals surface area contributed by atoms with Crippen LogP contribution in [0.2, 0.25) is 0 Å². The molecule has 2 aromatic heterocycles. The van der Waals surface area contributed by atoms with E-state index in [9.17, 15) is 4.79 Å². The fraction of sp³-hybridized carbons (Fsp3) is 0.500. The SMILES string of the molecule is COC(C)(C)C(=O)N1CCOC(c2cccc(Nc3ncc(C)s3)n2)C1. The molecule has 0 aliphatic carbocycles. The van der Waals surface area contributed by atoms with E-state index < -0.39 is 5.60 Å². The Hall–Kier alpha value is -2.03. The minimum Gasteiger partial charge on any atom is -0.369 e. The van der Waals surface area contributed by atoms with Crippen LogP contribution in [0.4, 0.5) is 10.9 Å². The molecule has 1 N–H and O–H groups in total. The van der Waals surface area contributed by atoms with Crippen molar-refractivity contribution >= 4 is 28.2 Å². The zero-order valence-corrected chi connectivity index (χ0v) is 16.3. The maximum Gasteiger partial charge on any atom is 0.254 e. The largest absolute Gasteiger partial charge is 0.369 e. The molecule has 26 heavy (non-hydrogen) atoms. The first-order valence-corrected chi connectivity index (χ1v) is 9.33. The molecule has 3 heterocycles. The third-order valence-electron chi connectivity index (χ3n) is 4.34. The summed E-state index contributed by atoms with van der Waals surface area (Å²) >= 11 is 1.57. The number of pyridine rings is 1. The first-order chi connectivity index (χ1) is 12.4. The summed E-state index contributed by atoms with van der Waals surface area (Å²) in [6.07, 6.45) is 1.56. The first kappa shape index (κ1) is 18.8. The van der Waals surface area contributed by atoms with Crippen LogP contribution in [0.5, 0.6) is 0 Å². The molecule has 8 heteroatoms. The quantitative estimate of drug-likeness (QED) is 0.865. The third-order valence-corrected chi connectivity index (χ3v) is 5.16. The zero-order valence-electron chi connectivity index (χ0n) is 15.5. The van der Waals surface area contributed by atoms with Crippen LogP contribution in [0.15, 0.2) is 24.4 Å². The van der Waals surface area contributed by atoms with Crippen molar-refractivity contribution in [1.82, 2.24) is 14.9 Å². The standard InChI is InChI=1S/C18H24N4O3S/c1-12-10-19-17(26-12)21-15-7-5-6-13(20-15)14-11-22(8-9-25-14)16(23)18(2,3)24-4/h5-7,10,14H,8-9,11H2,1-4H3,(H,19,20,21). The summed E-state index contributed by atoms with van der Waals surface area (Å²) in [5, 5.41) is 4.01. The van der Waals surface area contributed by atoms with Crippen molar-refractivity contribution in [2.45, 2.75) is 32.5 Å². The highest BCUT2D eigenvalue weighted by Gasteiger charge is 2.35. The Morgan fingerprint density at radius 3 is 2.96 bits per heavy atom. The number of rotatable bonds is 5. The molecule has 1 aliphatic heterocycles. The van der Waals surface area contributed by atoms with Crippen LogP contribution < -0.4 is 5.32 Å². The molecule has 2 aromatic rings. The van der Waals surface area contributed by atoms with Gasteiger partial charge in [0.1, 0.15) is 17.5 Å². The molecule has 0 aromatic carbocycles. The lowest BCUT2D eigenvalue weighted by Crippen LogP contribution is -2.51. The van der Waals surface area contributed by atoms with Gasteiger partial charge in [-0.15, -0.1) is 11.3 Å². The number of morpholine rings is 1. The number of hydrogen-bond donors (Lipinski definition) is 1. The highest BCUT2D eigenvalue weighted by atomic mass is 32.1. The lowest BCUT2D eigenvalue weighted by Gasteiger charge is -2.36. The monoisotopic (exact) mass is 376 g/mol. The number of amides is 1. The van der Waals surface area contributed by atoms with Crippen molar-refractivity contribution in [2.75, 3.05) is 32.1 Å². The van der Waals surface area contributed by atoms with Gasteiger partial charge in [-0.1, -0.05) is 6.07 Å². The number of aromatic nitrogens is 2. The third kappa shape index (κ3) is 4.20. The molecule has 7 nitrogen and oxygen atoms in total. The molecule has 140 valence electrons. The summed E-state index contributed by atoms with van der Waals surface area (Å²) in [6.45, 7) is 7.05. The minimum absolute atomic E-state index is 0.0409. The summed E-state index contributed by atoms with van der Waals surface area (Å²) in [5.74, 6) is 0.668. The topological polar surface area (TPSA) is 76.6 Å². The van der Waals surface area contributed by atoms with Gasteiger partial charge in [0.2, 0.25) is 0 Å². The maximum absolute atomic E-state index is 12.6. The van der Waals surface area contributed by atoms with Crippen LogP contribution in [0.1, 0.15) is 30.5 Å². The first-order valence-electron chi connectivity index (χ1n) is 8.51. The van der Waals surface area contributed by atoms with Crippen molar-refractivity contribution in [2.24, 2.45) is 0 Å². The average Bonchev–Trinajstić information content (AvgIpc) is 3.06. The van der Waals surface area contributed by atoms with Gasteiger partial charge in [0.15, 0.2) is 5.13 Å². The number of nitrogens with one attached hydrogen (secondary N) is 1. The van der Waals surface area contributed by atoms with Crippen LogP contribution in [0.3, 0.4) is 0 Å². The summed E-state index contributed by atoms with van der Waals surface area (Å²) in [6, 6.07) is 5.73. The van der Waals surface area contributed by atoms with Crippen molar-refractivity contribution in [3.8, 4) is 0 Å². The second kappa shape index (κ2) is 7.69. The van der Waals surface area contributed by atoms with Crippen molar-refractivity contribution in [1.29, 1.82) is 0 Å². The van der Waals surface area contributed by atoms with E-state index in [1.807, 2.05) is 31.3 Å². The normalized spacial score (nSPS) is 18.0. The number of ether oxygens (including phenoxy) is 2. The summed E-state index contributed by atoms with van der Waals surface area (Å²) in [7, 11) is 1.55. The second-order valence-electron chi connectivity index (χ2n) is 6.67. The van der Waals surface area contributed by atoms with E-state index in [2.05, 4.69) is 15.3 Å². The number of carbonyl (C=O) groups is 1. The zero-order chi connectivity index (χ0) is 18.7. The molecule has 3 rings (SSSR count). The van der Waals surface area contributed by atoms with Gasteiger partial charge in [-0.2, -0.15) is 0 Å². The Bertz CT molecular complexity index is 777. The number of nitrogens with zero attached hydrogens (tertiary/aromatic N) is 3. The number of aryl methyl sites for hydroxylation is 1. The van der Waals surface area contributed by atoms with Crippen molar-refractivity contribution in [3.05, 3.63) is 35.0 Å². The van der Waals surface area contributed by atoms with E-state index in [-0.39, 0.29) is 12.0 Å². The summed E-state index contributed by atoms with van der Waals surface area (Å²) < 4.78 is 11.2. The second-order valence-corrected chi connectivity index (χ2v) is 7.91. The van der Waals surface area contributed by atoms with Crippen molar-refractivity contribution in [3.63, 3.8) is 0 Å². The Kier molecular flexibility index (Phi) is 5.55. The number of carbonyl (C=O) groups excluding carboxylic acids is 1. The van der Waals surface area contributed by atoms with Crippen LogP contribution in [-0.2, 0) is 14.3 Å². The summed E-state index contributed by atoms with van der Waals surface area (Å²) in [4.78, 5) is 24.5. The molecule has 1 atom stereocenters. The predicted octanol–water partition coefficient (Wildman–Crippen LogP) is 2.92. The van der Waals surface area contributed by atoms with Gasteiger partial charge in [0.25, 0.3) is 5.91 Å². The van der Waals surface area contributed by atoms with Gasteiger partial charge in [-0.05, 0) is 32.9 Å². The van der Waals surface area contributed by atoms with Gasteiger partial charge in [0, 0.05) is 24.7 Å². The average molecular weight is 376 g/mol. The van der Waals surface area contributed by atoms with Gasteiger partial charge in [0.05, 0.1) is 18.8 Å². The van der Waals surface area contributed by atoms with E-state index in [0.717, 1.165) is 15.7 Å². The molecule has 0 saturated carbocycles. The van der Waals surface area contributed by atoms with Gasteiger partial charge in [-0.25, -0.2) is 9.97 Å². The van der Waals surface area contributed by atoms with E-state index in [1.54, 1.807) is 37.2 Å². The lowest BCUT2D eigenvalue weighted by atomic mass is 10.1. The molecular formula is C18H24N4O3S. The molecule has 0 radical (unpaired) electrons. The smallest absolute Gasteiger partial charge is 0.254 e. The molecule has 1 saturated heterocycles. The number of anilines is 2. The fourth-order valence-electron chi connectivity index (χ4n) is 2.70. The Labute approximate surface area is 157 Å². The van der Waals surface area contributed by atoms with Crippen LogP contribution in [0, 0.1) is 6.92 Å². The Morgan fingerprint density at radius 2 is 2.27 bits per heavy atom. The Balaban J connectivity index is 1.72. The van der Waals surface area contributed by atoms with E-state index >= 15 is 0 Å². The molecule has 0 spiro atoms. The number of hydrogen-bond acceptors (Lipinski definition) is 7. The molecule has 1 aliphatic rings. The van der Waals surface area contributed by atoms with Gasteiger partial charge in [-0.3, -0.25) is 4.79 Å². The van der Waals surface area contributed by atoms with Gasteiger partial charge < -0.3 is 19.7 Å². The Morgan fingerprint density at radius 1 is 1.46 bits per heavy atom. The minimum atomic E-state index is -0.846. The number of thiazole rings is 1. The van der Waals surface area contributed by atoms with E-state index in [0.29, 0.717) is 25.5 Å². The highest BCUT2D eigenvalue weighted by molar-refractivity contribution is 7.15. The molecular weight excluding hydrogens is 352 g/mol. The molecule has 1 fully saturated rings. The van der Waals surface area contributed by atoms with Crippen LogP contribution in [0.25, 0.3) is 0 Å². The van der Waals surface area contributed by atoms with E-state index in [1.165, 1.54) is 0 Å². The van der Waals surface area contributed by atoms with Crippen LogP contribution >= 0.6 is 11.3 Å². The van der Waals surface area contributed by atoms with E-state index in [4.69, 9.17) is 9.47 Å². The molecule has 1 amide bonds. The molecule has 1 unspecified atom stereocenters. The highest BCUT2D eigenvalue weighted by Crippen LogP contribution is 2.26.